The Morgan fingerprint density at radius 1 is 0.550 bits per heavy atom. The largest absolute Gasteiger partial charge is 2.00 e. The third kappa shape index (κ3) is 13.9. The molecule has 0 radical (unpaired) electrons. The van der Waals surface area contributed by atoms with E-state index in [0.717, 1.165) is 105 Å². The molecule has 0 bridgehead atoms. The number of carbonyl (C=O) groups excluding carboxylic acids is 2. The second kappa shape index (κ2) is 27.9. The molecule has 4 aromatic rings. The van der Waals surface area contributed by atoms with Gasteiger partial charge in [0.15, 0.2) is 5.78 Å². The summed E-state index contributed by atoms with van der Waals surface area (Å²) in [4.78, 5) is 31.9. The minimum absolute atomic E-state index is 0. The first kappa shape index (κ1) is 64.7. The summed E-state index contributed by atoms with van der Waals surface area (Å²) in [6.45, 7) is 10.9. The molecule has 9 fully saturated rings. The van der Waals surface area contributed by atoms with E-state index in [1.54, 1.807) is 14.2 Å². The zero-order valence-corrected chi connectivity index (χ0v) is 52.1. The fourth-order valence-electron chi connectivity index (χ4n) is 18.7. The van der Waals surface area contributed by atoms with Crippen molar-refractivity contribution in [2.45, 2.75) is 175 Å². The van der Waals surface area contributed by atoms with E-state index in [1.165, 1.54) is 117 Å². The minimum Gasteiger partial charge on any atom is -1.00 e. The molecule has 1 aliphatic heterocycles. The predicted octanol–water partition coefficient (Wildman–Crippen LogP) is 16.5. The fraction of sp³-hybridized carbons (Fsp3) is 0.634. The van der Waals surface area contributed by atoms with Crippen LogP contribution in [0.15, 0.2) is 109 Å². The molecular formula is C71H100BrMgNO6. The van der Waals surface area contributed by atoms with Crippen LogP contribution in [0.3, 0.4) is 0 Å². The summed E-state index contributed by atoms with van der Waals surface area (Å²) in [6.07, 6.45) is 23.6. The number of aliphatic hydroxyl groups is 2. The van der Waals surface area contributed by atoms with Crippen LogP contribution in [0.2, 0.25) is 0 Å². The average Bonchev–Trinajstić information content (AvgIpc) is 4.33. The first-order valence-corrected chi connectivity index (χ1v) is 30.6. The quantitative estimate of drug-likeness (QED) is 0.0864. The number of hydrogen-bond acceptors (Lipinski definition) is 6. The Balaban J connectivity index is 0.000000198. The molecular weight excluding hydrogens is 1070 g/mol. The van der Waals surface area contributed by atoms with Crippen LogP contribution >= 0.6 is 17.0 Å². The van der Waals surface area contributed by atoms with Crippen molar-refractivity contribution in [3.8, 4) is 22.3 Å². The smallest absolute Gasteiger partial charge is 1.00 e. The molecule has 0 aromatic heterocycles. The third-order valence-corrected chi connectivity index (χ3v) is 22.6. The van der Waals surface area contributed by atoms with Gasteiger partial charge in [-0.1, -0.05) is 106 Å². The number of Topliss-reactive ketones (excluding diaryl/α,β-unsaturated/α-hetero) is 1. The number of halogens is 1. The van der Waals surface area contributed by atoms with E-state index in [-0.39, 0.29) is 77.5 Å². The van der Waals surface area contributed by atoms with E-state index in [0.29, 0.717) is 17.6 Å². The topological polar surface area (TPSA) is 96.3 Å². The second-order valence-corrected chi connectivity index (χ2v) is 27.0. The van der Waals surface area contributed by atoms with Gasteiger partial charge >= 0.3 is 23.1 Å². The third-order valence-electron chi connectivity index (χ3n) is 22.6. The predicted molar refractivity (Wildman–Crippen MR) is 333 cm³/mol. The van der Waals surface area contributed by atoms with E-state index in [4.69, 9.17) is 9.57 Å². The van der Waals surface area contributed by atoms with Gasteiger partial charge in [0.25, 0.3) is 0 Å². The number of carbonyl (C=O) groups is 2. The SMILES string of the molecule is Br.C.C1CCOC1.CON(C)C(=O)[C@H]1CC[C@H]2[C@@H]3CC[C@@H]4C[C@](C)(O)CC[C@@H]4[C@H]3CC[C@]12C.C[C@@]1(O)CC[C@H]2[C@H](CC[C@@H]3[C@@H]2CC[C@]2(C)[C@@H](C(=O)c4ccc(-c5ccccc5)cc4)CC[C@@H]32)C1.[H-].[Mg+2].[c-]1ccc(-c2ccccc2)cc1. The van der Waals surface area contributed by atoms with Gasteiger partial charge in [-0.15, -0.1) is 22.5 Å². The molecule has 16 atom stereocenters. The number of hydroxylamine groups is 2. The second-order valence-electron chi connectivity index (χ2n) is 27.0. The van der Waals surface area contributed by atoms with Gasteiger partial charge in [-0.05, 0) is 229 Å². The number of benzene rings is 4. The summed E-state index contributed by atoms with van der Waals surface area (Å²) < 4.78 is 4.94. The summed E-state index contributed by atoms with van der Waals surface area (Å²) in [5, 5.41) is 22.6. The Labute approximate surface area is 511 Å². The molecule has 1 saturated heterocycles. The molecule has 9 heteroatoms. The minimum atomic E-state index is -0.446. The van der Waals surface area contributed by atoms with Crippen molar-refractivity contribution in [1.29, 1.82) is 0 Å². The van der Waals surface area contributed by atoms with Crippen LogP contribution in [-0.4, -0.2) is 88.6 Å². The number of fused-ring (bicyclic) bond motifs is 10. The zero-order chi connectivity index (χ0) is 54.0. The molecule has 2 N–H and O–H groups in total. The molecule has 4 aromatic carbocycles. The van der Waals surface area contributed by atoms with E-state index < -0.39 is 11.2 Å². The van der Waals surface area contributed by atoms with E-state index in [9.17, 15) is 19.8 Å². The molecule has 9 aliphatic rings. The van der Waals surface area contributed by atoms with Gasteiger partial charge in [-0.25, -0.2) is 5.06 Å². The first-order valence-electron chi connectivity index (χ1n) is 30.6. The molecule has 1 heterocycles. The van der Waals surface area contributed by atoms with Gasteiger partial charge in [-0.3, -0.25) is 14.4 Å². The number of amides is 1. The average molecular weight is 1170 g/mol. The Bertz CT molecular complexity index is 2520. The number of ether oxygens (including phenoxy) is 1. The Hall–Kier alpha value is -2.89. The summed E-state index contributed by atoms with van der Waals surface area (Å²) in [5.41, 5.74) is 5.20. The van der Waals surface area contributed by atoms with Gasteiger partial charge < -0.3 is 16.4 Å². The van der Waals surface area contributed by atoms with E-state index in [1.807, 2.05) is 50.2 Å². The van der Waals surface area contributed by atoms with Crippen LogP contribution < -0.4 is 0 Å². The van der Waals surface area contributed by atoms with Crippen LogP contribution in [0.4, 0.5) is 0 Å². The van der Waals surface area contributed by atoms with Crippen LogP contribution in [0.1, 0.15) is 175 Å². The summed E-state index contributed by atoms with van der Waals surface area (Å²) in [7, 11) is 3.34. The maximum absolute atomic E-state index is 13.8. The van der Waals surface area contributed by atoms with Crippen molar-refractivity contribution < 1.29 is 30.8 Å². The number of rotatable bonds is 6. The van der Waals surface area contributed by atoms with Crippen molar-refractivity contribution in [2.75, 3.05) is 27.4 Å². The summed E-state index contributed by atoms with van der Waals surface area (Å²) in [6, 6.07) is 40.1. The van der Waals surface area contributed by atoms with Crippen molar-refractivity contribution in [2.24, 2.45) is 81.8 Å². The first-order chi connectivity index (χ1) is 37.1. The number of nitrogens with zero attached hydrogens (tertiary/aromatic N) is 1. The number of hydrogen-bond donors (Lipinski definition) is 2. The van der Waals surface area contributed by atoms with Gasteiger partial charge in [0.2, 0.25) is 5.91 Å². The van der Waals surface area contributed by atoms with Gasteiger partial charge in [0.1, 0.15) is 0 Å². The zero-order valence-electron chi connectivity index (χ0n) is 50.0. The Kier molecular flexibility index (Phi) is 22.5. The molecule has 80 heavy (non-hydrogen) atoms. The van der Waals surface area contributed by atoms with Crippen molar-refractivity contribution in [3.63, 3.8) is 0 Å². The van der Waals surface area contributed by atoms with Crippen molar-refractivity contribution in [3.05, 3.63) is 121 Å². The monoisotopic (exact) mass is 1170 g/mol. The van der Waals surface area contributed by atoms with Crippen LogP contribution in [0.5, 0.6) is 0 Å². The molecule has 434 valence electrons. The normalized spacial score (nSPS) is 36.9. The molecule has 13 rings (SSSR count). The molecule has 0 unspecified atom stereocenters. The molecule has 8 aliphatic carbocycles. The van der Waals surface area contributed by atoms with Crippen LogP contribution in [-0.2, 0) is 14.4 Å². The van der Waals surface area contributed by atoms with Gasteiger partial charge in [-0.2, -0.15) is 30.3 Å². The molecule has 1 amide bonds. The Morgan fingerprint density at radius 3 is 1.43 bits per heavy atom. The van der Waals surface area contributed by atoms with Crippen LogP contribution in [0, 0.1) is 87.9 Å². The maximum Gasteiger partial charge on any atom is 2.00 e. The van der Waals surface area contributed by atoms with Crippen LogP contribution in [0.25, 0.3) is 22.3 Å². The summed E-state index contributed by atoms with van der Waals surface area (Å²) >= 11 is 0. The maximum atomic E-state index is 13.8. The number of ketones is 1. The molecule has 0 spiro atoms. The van der Waals surface area contributed by atoms with Crippen molar-refractivity contribution >= 4 is 51.7 Å². The summed E-state index contributed by atoms with van der Waals surface area (Å²) in [5.74, 6) is 8.57. The van der Waals surface area contributed by atoms with E-state index >= 15 is 0 Å². The molecule has 8 saturated carbocycles. The van der Waals surface area contributed by atoms with Gasteiger partial charge in [0, 0.05) is 37.7 Å². The van der Waals surface area contributed by atoms with E-state index in [2.05, 4.69) is 92.7 Å². The fourth-order valence-corrected chi connectivity index (χ4v) is 18.7. The van der Waals surface area contributed by atoms with Gasteiger partial charge in [0.05, 0.1) is 18.3 Å². The standard InChI is InChI=1S/C32H40O2.C22H37NO3.C12H9.C4H8O.CH4.BrH.Mg.H/c1-31(34)18-16-25-24(20-31)12-13-27-26(25)17-19-32(2)28(27)14-15-29(32)30(33)23-10-8-22(9-11-23)21-6-4-3-5-7-21;1-21(25)11-9-15-14(13-21)5-6-17-16(15)10-12-22(2)18(17)7-8-19(22)20(24)23(3)26-4;1-3-7-11(8-4-1)12-9-5-2-6-10-12;1-2-4-5-3-1;;;;/h3-11,24-29,34H,12-20H2,1-2H3;14-19,25H,5-13H2,1-4H3;1,3-10H;1-4H2;1H4;1H;;/q;;-1;;;;+2;-1/t24-,25+,26-,27-,28+,29-,31-,32+;14-,15+,16-,17-,18+,19-,21-,22+;;;;;;/m11....../s1. The van der Waals surface area contributed by atoms with Crippen molar-refractivity contribution in [1.82, 2.24) is 5.06 Å². The Morgan fingerprint density at radius 2 is 0.975 bits per heavy atom. The molecule has 7 nitrogen and oxygen atoms in total.